The molecule has 2 nitrogen and oxygen atoms in total. The third-order valence-corrected chi connectivity index (χ3v) is 6.54. The molecule has 0 saturated carbocycles. The highest BCUT2D eigenvalue weighted by Gasteiger charge is 2.33. The quantitative estimate of drug-likeness (QED) is 0.342. The van der Waals surface area contributed by atoms with Gasteiger partial charge in [-0.05, 0) is 49.6 Å². The van der Waals surface area contributed by atoms with Gasteiger partial charge in [0.1, 0.15) is 0 Å². The fourth-order valence-corrected chi connectivity index (χ4v) is 4.63. The highest BCUT2D eigenvalue weighted by atomic mass is 35.5. The molecule has 2 atom stereocenters. The van der Waals surface area contributed by atoms with Crippen LogP contribution in [0.2, 0.25) is 0 Å². The van der Waals surface area contributed by atoms with Gasteiger partial charge in [0, 0.05) is 22.0 Å². The second-order valence-corrected chi connectivity index (χ2v) is 9.16. The summed E-state index contributed by atoms with van der Waals surface area (Å²) in [6.07, 6.45) is 9.15. The van der Waals surface area contributed by atoms with Gasteiger partial charge in [0.05, 0.1) is 24.6 Å². The number of nitrogens with zero attached hydrogens (tertiary/aromatic N) is 1. The molecule has 4 heteroatoms. The van der Waals surface area contributed by atoms with Gasteiger partial charge in [-0.15, -0.1) is 22.9 Å². The summed E-state index contributed by atoms with van der Waals surface area (Å²) in [4.78, 5) is 5.01. The number of allylic oxidation sites excluding steroid dienone is 1. The number of rotatable bonds is 9. The first-order chi connectivity index (χ1) is 13.2. The van der Waals surface area contributed by atoms with Gasteiger partial charge >= 0.3 is 0 Å². The van der Waals surface area contributed by atoms with Gasteiger partial charge in [0.2, 0.25) is 0 Å². The number of hydrogen-bond donors (Lipinski definition) is 0. The van der Waals surface area contributed by atoms with Crippen molar-refractivity contribution in [3.63, 3.8) is 0 Å². The molecule has 0 aliphatic carbocycles. The van der Waals surface area contributed by atoms with Gasteiger partial charge in [-0.3, -0.25) is 0 Å². The largest absolute Gasteiger partial charge is 0.374 e. The van der Waals surface area contributed by atoms with Gasteiger partial charge in [-0.25, -0.2) is 0 Å². The number of alkyl halides is 1. The monoisotopic (exact) mass is 403 g/mol. The van der Waals surface area contributed by atoms with Crippen LogP contribution in [0.1, 0.15) is 47.9 Å². The number of thiophene rings is 1. The van der Waals surface area contributed by atoms with Crippen LogP contribution in [0.3, 0.4) is 0 Å². The molecule has 0 amide bonds. The Labute approximate surface area is 172 Å². The van der Waals surface area contributed by atoms with Crippen LogP contribution in [-0.2, 0) is 11.3 Å². The summed E-state index contributed by atoms with van der Waals surface area (Å²) in [5.74, 6) is 0. The maximum Gasteiger partial charge on any atom is 0.0810 e. The van der Waals surface area contributed by atoms with E-state index >= 15 is 0 Å². The zero-order valence-electron chi connectivity index (χ0n) is 16.4. The lowest BCUT2D eigenvalue weighted by atomic mass is 10.1. The first kappa shape index (κ1) is 20.4. The molecule has 1 aromatic heterocycles. The van der Waals surface area contributed by atoms with Crippen LogP contribution in [0.15, 0.2) is 42.5 Å². The van der Waals surface area contributed by atoms with Crippen LogP contribution in [0.25, 0.3) is 6.08 Å². The fraction of sp³-hybridized carbons (Fsp3) is 0.478. The average Bonchev–Trinajstić information content (AvgIpc) is 3.25. The Kier molecular flexibility index (Phi) is 7.81. The van der Waals surface area contributed by atoms with E-state index in [4.69, 9.17) is 16.3 Å². The van der Waals surface area contributed by atoms with E-state index in [1.807, 2.05) is 0 Å². The van der Waals surface area contributed by atoms with Crippen LogP contribution in [0, 0.1) is 6.92 Å². The van der Waals surface area contributed by atoms with Crippen molar-refractivity contribution in [1.29, 1.82) is 0 Å². The number of hydrogen-bond acceptors (Lipinski definition) is 3. The van der Waals surface area contributed by atoms with Crippen molar-refractivity contribution >= 4 is 34.7 Å². The summed E-state index contributed by atoms with van der Waals surface area (Å²) in [6.45, 7) is 6.69. The van der Waals surface area contributed by atoms with Crippen molar-refractivity contribution in [3.05, 3.63) is 57.8 Å². The highest BCUT2D eigenvalue weighted by Crippen LogP contribution is 2.30. The second-order valence-electron chi connectivity index (χ2n) is 7.23. The molecule has 1 aromatic carbocycles. The molecule has 0 unspecified atom stereocenters. The molecule has 0 spiro atoms. The van der Waals surface area contributed by atoms with Crippen LogP contribution in [0.5, 0.6) is 0 Å². The van der Waals surface area contributed by atoms with E-state index in [9.17, 15) is 0 Å². The minimum Gasteiger partial charge on any atom is -0.374 e. The third-order valence-electron chi connectivity index (χ3n) is 5.05. The first-order valence-electron chi connectivity index (χ1n) is 9.97. The number of anilines is 1. The Morgan fingerprint density at radius 2 is 2.04 bits per heavy atom. The van der Waals surface area contributed by atoms with E-state index in [2.05, 4.69) is 67.3 Å². The summed E-state index contributed by atoms with van der Waals surface area (Å²) in [5.41, 5.74) is 2.50. The average molecular weight is 404 g/mol. The Balaban J connectivity index is 1.56. The Morgan fingerprint density at radius 3 is 2.74 bits per heavy atom. The summed E-state index contributed by atoms with van der Waals surface area (Å²) >= 11 is 8.41. The van der Waals surface area contributed by atoms with Crippen molar-refractivity contribution in [2.45, 2.75) is 57.6 Å². The van der Waals surface area contributed by atoms with Gasteiger partial charge in [0.15, 0.2) is 0 Å². The van der Waals surface area contributed by atoms with Crippen LogP contribution >= 0.6 is 22.9 Å². The molecular formula is C23H30ClNOS. The predicted molar refractivity (Wildman–Crippen MR) is 119 cm³/mol. The van der Waals surface area contributed by atoms with Gasteiger partial charge < -0.3 is 9.64 Å². The molecule has 2 aromatic rings. The zero-order valence-corrected chi connectivity index (χ0v) is 17.9. The summed E-state index contributed by atoms with van der Waals surface area (Å²) in [6, 6.07) is 13.4. The normalized spacial score (nSPS) is 20.0. The van der Waals surface area contributed by atoms with E-state index in [0.717, 1.165) is 19.4 Å². The number of ether oxygens (including phenoxy) is 1. The van der Waals surface area contributed by atoms with Crippen molar-refractivity contribution in [2.75, 3.05) is 18.1 Å². The summed E-state index contributed by atoms with van der Waals surface area (Å²) in [5, 5.41) is 0.142. The molecule has 0 radical (unpaired) electrons. The van der Waals surface area contributed by atoms with E-state index in [0.29, 0.717) is 13.2 Å². The SMILES string of the molecule is CCCC/C=C/c1ccc(N2CC[C@@H](Cl)[C@@H]2COCc2ccc(C)s2)cc1. The standard InChI is InChI=1S/C23H30ClNOS/c1-3-4-5-6-7-19-9-11-20(12-10-19)25-15-14-22(24)23(25)17-26-16-21-13-8-18(2)27-21/h6-13,22-23H,3-5,14-17H2,1-2H3/b7-6+/t22-,23+/m1/s1. The van der Waals surface area contributed by atoms with Crippen molar-refractivity contribution in [3.8, 4) is 0 Å². The molecule has 1 saturated heterocycles. The minimum absolute atomic E-state index is 0.142. The van der Waals surface area contributed by atoms with E-state index in [1.165, 1.54) is 33.8 Å². The molecule has 1 fully saturated rings. The zero-order chi connectivity index (χ0) is 19.1. The minimum atomic E-state index is 0.142. The molecule has 0 bridgehead atoms. The smallest absolute Gasteiger partial charge is 0.0810 e. The maximum atomic E-state index is 6.61. The maximum absolute atomic E-state index is 6.61. The number of aryl methyl sites for hydroxylation is 1. The van der Waals surface area contributed by atoms with E-state index in [-0.39, 0.29) is 11.4 Å². The molecule has 3 rings (SSSR count). The topological polar surface area (TPSA) is 12.5 Å². The predicted octanol–water partition coefficient (Wildman–Crippen LogP) is 6.66. The van der Waals surface area contributed by atoms with Crippen molar-refractivity contribution in [1.82, 2.24) is 0 Å². The van der Waals surface area contributed by atoms with Gasteiger partial charge in [-0.2, -0.15) is 0 Å². The molecule has 1 aliphatic heterocycles. The number of halogens is 1. The molecule has 2 heterocycles. The van der Waals surface area contributed by atoms with Crippen LogP contribution in [-0.4, -0.2) is 24.6 Å². The van der Waals surface area contributed by atoms with Gasteiger partial charge in [0.25, 0.3) is 0 Å². The molecule has 27 heavy (non-hydrogen) atoms. The fourth-order valence-electron chi connectivity index (χ4n) is 3.49. The molecule has 1 aliphatic rings. The summed E-state index contributed by atoms with van der Waals surface area (Å²) in [7, 11) is 0. The number of benzene rings is 1. The van der Waals surface area contributed by atoms with E-state index < -0.39 is 0 Å². The molecule has 0 N–H and O–H groups in total. The first-order valence-corrected chi connectivity index (χ1v) is 11.2. The van der Waals surface area contributed by atoms with Crippen molar-refractivity contribution in [2.24, 2.45) is 0 Å². The Bertz CT molecular complexity index is 724. The summed E-state index contributed by atoms with van der Waals surface area (Å²) < 4.78 is 6.01. The Morgan fingerprint density at radius 1 is 1.22 bits per heavy atom. The lowest BCUT2D eigenvalue weighted by Gasteiger charge is -2.28. The number of unbranched alkanes of at least 4 members (excludes halogenated alkanes) is 2. The lowest BCUT2D eigenvalue weighted by Crippen LogP contribution is -2.37. The lowest BCUT2D eigenvalue weighted by molar-refractivity contribution is 0.111. The highest BCUT2D eigenvalue weighted by molar-refractivity contribution is 7.11. The van der Waals surface area contributed by atoms with Crippen LogP contribution < -0.4 is 4.90 Å². The van der Waals surface area contributed by atoms with E-state index in [1.54, 1.807) is 11.3 Å². The molecular weight excluding hydrogens is 374 g/mol. The van der Waals surface area contributed by atoms with Crippen LogP contribution in [0.4, 0.5) is 5.69 Å². The second kappa shape index (κ2) is 10.3. The molecule has 146 valence electrons. The van der Waals surface area contributed by atoms with Gasteiger partial charge in [-0.1, -0.05) is 44.1 Å². The Hall–Kier alpha value is -1.29. The van der Waals surface area contributed by atoms with Crippen molar-refractivity contribution < 1.29 is 4.74 Å². The third kappa shape index (κ3) is 5.84.